The van der Waals surface area contributed by atoms with Crippen molar-refractivity contribution in [3.63, 3.8) is 0 Å². The summed E-state index contributed by atoms with van der Waals surface area (Å²) in [6.07, 6.45) is 5.78. The van der Waals surface area contributed by atoms with Crippen molar-refractivity contribution in [2.75, 3.05) is 99.2 Å². The van der Waals surface area contributed by atoms with Gasteiger partial charge in [0.1, 0.15) is 24.1 Å². The lowest BCUT2D eigenvalue weighted by atomic mass is 9.82. The maximum Gasteiger partial charge on any atom is 0.341 e. The van der Waals surface area contributed by atoms with E-state index >= 15 is 0 Å². The number of fused-ring (bicyclic) bond motifs is 1. The van der Waals surface area contributed by atoms with E-state index in [9.17, 15) is 39.0 Å². The van der Waals surface area contributed by atoms with Crippen LogP contribution < -0.4 is 15.6 Å². The number of carboxylic acid groups (broad SMARTS) is 1. The fraction of sp³-hybridized carbons (Fsp3) is 0.810. The van der Waals surface area contributed by atoms with E-state index in [0.717, 1.165) is 63.2 Å². The van der Waals surface area contributed by atoms with Gasteiger partial charge in [0.05, 0.1) is 68.2 Å². The number of ether oxygens (including phenoxy) is 5. The fourth-order valence-corrected chi connectivity index (χ4v) is 10.6. The number of aliphatic hydroxyl groups excluding tert-OH is 5. The largest absolute Gasteiger partial charge is 0.477 e. The minimum Gasteiger partial charge on any atom is -0.477 e. The van der Waals surface area contributed by atoms with Gasteiger partial charge in [-0.25, -0.2) is 9.00 Å². The SMILES string of the molecule is CC.CC1C[C@H](O)O[C@@H](C)[C@@H]1OS(=O)CCOCCOCCN(C)c1ccc2c(c1)c(=O)c(C(=O)O)cn2C1CC1.CNC.CO.COCC(O)C[C@@H](C)N(C)C[C@H](C)CC(C)(O)C[C@@H](C)CC(C)C=O.C[C@@H]1CCC(O)[C@H](O)O1. The molecule has 468 valence electrons. The molecular formula is C58H108N4O17S. The molecule has 0 radical (unpaired) electrons. The molecule has 14 atom stereocenters. The van der Waals surface area contributed by atoms with Gasteiger partial charge in [0.25, 0.3) is 0 Å². The van der Waals surface area contributed by atoms with E-state index in [2.05, 4.69) is 38.0 Å². The van der Waals surface area contributed by atoms with E-state index in [1.54, 1.807) is 20.1 Å². The van der Waals surface area contributed by atoms with Crippen molar-refractivity contribution >= 4 is 39.9 Å². The zero-order valence-electron chi connectivity index (χ0n) is 51.4. The maximum atomic E-state index is 12.8. The highest BCUT2D eigenvalue weighted by atomic mass is 32.2. The maximum absolute atomic E-state index is 12.8. The predicted molar refractivity (Wildman–Crippen MR) is 315 cm³/mol. The Kier molecular flexibility index (Phi) is 40.3. The number of rotatable bonds is 28. The van der Waals surface area contributed by atoms with Crippen molar-refractivity contribution in [1.82, 2.24) is 14.8 Å². The second-order valence-corrected chi connectivity index (χ2v) is 23.0. The van der Waals surface area contributed by atoms with Crippen molar-refractivity contribution < 1.29 is 77.4 Å². The van der Waals surface area contributed by atoms with Gasteiger partial charge in [-0.2, -0.15) is 0 Å². The second-order valence-electron chi connectivity index (χ2n) is 21.8. The standard InChI is InChI=1S/C27H38N2O9S.C20H41NO4.C6H12O3.C2H7N.C2H6.CH4O/c1-17-14-24(30)37-18(2)26(17)38-39(34)13-12-36-11-10-35-9-8-28(3)20-6-7-23-21(15-20)25(31)22(27(32)33)16-29(23)19-4-5-19;1-15(8-16(2)13-22)10-20(5,24)11-17(3)12-21(6)18(4)9-19(23)14-25-7;1-4-2-3-5(7)6(8)9-4;1-3-2;2*1-2/h6-7,15-19,24,26,30H,4-5,8-14H2,1-3H3,(H,32,33);13,15-19,23-24H,8-12,14H2,1-7H3;4-8H,2-3H2,1H3;3H,1-2H3;1-2H3;2H,1H3/t17?,18-,24+,26+,39?;15-,16?,17+,18+,19?,20?;4-,5?,6-;;;/m001.../s1. The van der Waals surface area contributed by atoms with Crippen LogP contribution in [0.2, 0.25) is 0 Å². The third-order valence-electron chi connectivity index (χ3n) is 13.6. The van der Waals surface area contributed by atoms with Gasteiger partial charge in [-0.1, -0.05) is 41.5 Å². The molecule has 1 saturated carbocycles. The number of likely N-dealkylation sites (N-methyl/N-ethyl adjacent to an activating group) is 1. The van der Waals surface area contributed by atoms with Crippen LogP contribution in [0.5, 0.6) is 0 Å². The number of carboxylic acids is 1. The topological polar surface area (TPSA) is 289 Å². The second kappa shape index (κ2) is 41.9. The molecule has 3 fully saturated rings. The molecule has 0 spiro atoms. The molecule has 21 nitrogen and oxygen atoms in total. The van der Waals surface area contributed by atoms with Crippen molar-refractivity contribution in [1.29, 1.82) is 0 Å². The van der Waals surface area contributed by atoms with E-state index < -0.39 is 52.9 Å². The Morgan fingerprint density at radius 1 is 0.938 bits per heavy atom. The third kappa shape index (κ3) is 30.5. The lowest BCUT2D eigenvalue weighted by Gasteiger charge is -2.36. The van der Waals surface area contributed by atoms with Crippen LogP contribution >= 0.6 is 0 Å². The van der Waals surface area contributed by atoms with E-state index in [1.807, 2.05) is 84.3 Å². The summed E-state index contributed by atoms with van der Waals surface area (Å²) in [5.74, 6) is -0.226. The summed E-state index contributed by atoms with van der Waals surface area (Å²) in [5, 5.41) is 67.7. The minimum absolute atomic E-state index is 0.0402. The molecule has 0 amide bonds. The predicted octanol–water partition coefficient (Wildman–Crippen LogP) is 5.38. The number of aromatic carboxylic acids is 1. The Morgan fingerprint density at radius 3 is 2.08 bits per heavy atom. The number of nitrogens with zero attached hydrogens (tertiary/aromatic N) is 3. The Morgan fingerprint density at radius 2 is 1.54 bits per heavy atom. The fourth-order valence-electron chi connectivity index (χ4n) is 9.68. The first-order valence-corrected chi connectivity index (χ1v) is 29.8. The Bertz CT molecular complexity index is 2040. The third-order valence-corrected chi connectivity index (χ3v) is 14.6. The van der Waals surface area contributed by atoms with Gasteiger partial charge >= 0.3 is 5.97 Å². The van der Waals surface area contributed by atoms with Gasteiger partial charge in [-0.15, -0.1) is 0 Å². The molecular weight excluding hydrogens is 1060 g/mol. The first kappa shape index (κ1) is 77.0. The molecule has 6 unspecified atom stereocenters. The van der Waals surface area contributed by atoms with Crippen molar-refractivity contribution in [2.45, 2.75) is 188 Å². The number of hydrogen-bond acceptors (Lipinski definition) is 19. The molecule has 80 heavy (non-hydrogen) atoms. The molecule has 1 aliphatic carbocycles. The number of hydrogen-bond donors (Lipinski definition) is 8. The molecule has 1 aromatic carbocycles. The first-order chi connectivity index (χ1) is 37.8. The number of aldehydes is 1. The monoisotopic (exact) mass is 1160 g/mol. The molecule has 2 aliphatic heterocycles. The summed E-state index contributed by atoms with van der Waals surface area (Å²) in [5.41, 5.74) is 0.146. The summed E-state index contributed by atoms with van der Waals surface area (Å²) < 4.78 is 46.2. The normalized spacial score (nSPS) is 23.6. The highest BCUT2D eigenvalue weighted by molar-refractivity contribution is 7.80. The average Bonchev–Trinajstić information content (AvgIpc) is 4.24. The molecule has 2 saturated heterocycles. The van der Waals surface area contributed by atoms with Gasteiger partial charge < -0.3 is 83.9 Å². The lowest BCUT2D eigenvalue weighted by Crippen LogP contribution is -2.44. The van der Waals surface area contributed by atoms with E-state index in [0.29, 0.717) is 75.9 Å². The number of anilines is 1. The zero-order valence-corrected chi connectivity index (χ0v) is 52.2. The summed E-state index contributed by atoms with van der Waals surface area (Å²) >= 11 is -1.51. The Labute approximate surface area is 481 Å². The highest BCUT2D eigenvalue weighted by Gasteiger charge is 2.36. The van der Waals surface area contributed by atoms with E-state index in [-0.39, 0.29) is 60.2 Å². The van der Waals surface area contributed by atoms with Gasteiger partial charge in [-0.05, 0) is 136 Å². The van der Waals surface area contributed by atoms with Crippen LogP contribution in [0.15, 0.2) is 29.2 Å². The Hall–Kier alpha value is -3.04. The summed E-state index contributed by atoms with van der Waals surface area (Å²) in [7, 11) is 10.3. The van der Waals surface area contributed by atoms with E-state index in [1.165, 1.54) is 6.20 Å². The van der Waals surface area contributed by atoms with Crippen molar-refractivity contribution in [2.24, 2.45) is 23.7 Å². The molecule has 5 rings (SSSR count). The van der Waals surface area contributed by atoms with Crippen LogP contribution in [-0.2, 0) is 43.7 Å². The smallest absolute Gasteiger partial charge is 0.341 e. The molecule has 3 heterocycles. The van der Waals surface area contributed by atoms with Crippen LogP contribution in [0.3, 0.4) is 0 Å². The summed E-state index contributed by atoms with van der Waals surface area (Å²) in [6.45, 7) is 23.0. The van der Waals surface area contributed by atoms with Gasteiger partial charge in [0.15, 0.2) is 23.7 Å². The van der Waals surface area contributed by atoms with Gasteiger partial charge in [0.2, 0.25) is 5.43 Å². The highest BCUT2D eigenvalue weighted by Crippen LogP contribution is 2.37. The quantitative estimate of drug-likeness (QED) is 0.0392. The first-order valence-electron chi connectivity index (χ1n) is 28.5. The molecule has 8 N–H and O–H groups in total. The number of benzene rings is 1. The van der Waals surface area contributed by atoms with Crippen LogP contribution in [0.1, 0.15) is 143 Å². The number of carbonyl (C=O) groups excluding carboxylic acids is 1. The summed E-state index contributed by atoms with van der Waals surface area (Å²) in [6, 6.07) is 6.05. The van der Waals surface area contributed by atoms with E-state index in [4.69, 9.17) is 43.2 Å². The Balaban J connectivity index is 0.00000129. The summed E-state index contributed by atoms with van der Waals surface area (Å²) in [4.78, 5) is 39.4. The number of carbonyl (C=O) groups is 2. The zero-order chi connectivity index (χ0) is 61.3. The average molecular weight is 1170 g/mol. The number of pyridine rings is 1. The molecule has 3 aliphatic rings. The number of methoxy groups -OCH3 is 1. The van der Waals surface area contributed by atoms with Crippen LogP contribution in [0.25, 0.3) is 10.9 Å². The van der Waals surface area contributed by atoms with Crippen molar-refractivity contribution in [3.8, 4) is 0 Å². The van der Waals surface area contributed by atoms with Crippen LogP contribution in [0, 0.1) is 23.7 Å². The lowest BCUT2D eigenvalue weighted by molar-refractivity contribution is -0.210. The van der Waals surface area contributed by atoms with Crippen LogP contribution in [0.4, 0.5) is 5.69 Å². The van der Waals surface area contributed by atoms with Crippen molar-refractivity contribution in [3.05, 3.63) is 40.2 Å². The number of aromatic nitrogens is 1. The van der Waals surface area contributed by atoms with Crippen LogP contribution in [-0.4, -0.2) is 211 Å². The molecule has 1 aromatic heterocycles. The molecule has 0 bridgehead atoms. The number of nitrogens with one attached hydrogen (secondary N) is 1. The van der Waals surface area contributed by atoms with Gasteiger partial charge in [0, 0.05) is 76.0 Å². The van der Waals surface area contributed by atoms with Gasteiger partial charge in [-0.3, -0.25) is 8.98 Å². The minimum atomic E-state index is -1.51. The number of aliphatic hydroxyl groups is 6. The molecule has 22 heteroatoms. The molecule has 2 aromatic rings.